The van der Waals surface area contributed by atoms with Gasteiger partial charge in [-0.1, -0.05) is 29.8 Å². The lowest BCUT2D eigenvalue weighted by molar-refractivity contribution is -0.121. The predicted octanol–water partition coefficient (Wildman–Crippen LogP) is 3.58. The second kappa shape index (κ2) is 7.45. The average Bonchev–Trinajstić information content (AvgIpc) is 2.98. The lowest BCUT2D eigenvalue weighted by Gasteiger charge is -2.07. The first-order valence-electron chi connectivity index (χ1n) is 7.74. The fourth-order valence-electron chi connectivity index (χ4n) is 2.58. The fraction of sp³-hybridized carbons (Fsp3) is 0.222. The van der Waals surface area contributed by atoms with E-state index in [0.717, 1.165) is 16.5 Å². The van der Waals surface area contributed by atoms with Gasteiger partial charge in [0, 0.05) is 18.4 Å². The SMILES string of the molecule is O=C(CCn1ncc2c(Cl)cccc21)NCCc1cccc(F)c1. The molecule has 1 aromatic heterocycles. The topological polar surface area (TPSA) is 46.9 Å². The molecule has 3 rings (SSSR count). The predicted molar refractivity (Wildman–Crippen MR) is 92.5 cm³/mol. The maximum atomic E-state index is 13.1. The first-order valence-corrected chi connectivity index (χ1v) is 8.12. The quantitative estimate of drug-likeness (QED) is 0.742. The van der Waals surface area contributed by atoms with E-state index in [1.54, 1.807) is 16.9 Å². The summed E-state index contributed by atoms with van der Waals surface area (Å²) < 4.78 is 14.9. The largest absolute Gasteiger partial charge is 0.356 e. The van der Waals surface area contributed by atoms with Crippen molar-refractivity contribution in [3.05, 3.63) is 65.1 Å². The maximum Gasteiger partial charge on any atom is 0.221 e. The van der Waals surface area contributed by atoms with Crippen LogP contribution in [0.2, 0.25) is 5.02 Å². The Morgan fingerprint density at radius 2 is 2.08 bits per heavy atom. The highest BCUT2D eigenvalue weighted by molar-refractivity contribution is 6.35. The molecule has 0 saturated heterocycles. The standard InChI is InChI=1S/C18H17ClFN3O/c19-16-5-2-6-17-15(16)12-22-23(17)10-8-18(24)21-9-7-13-3-1-4-14(20)11-13/h1-6,11-12H,7-10H2,(H,21,24). The van der Waals surface area contributed by atoms with E-state index >= 15 is 0 Å². The molecule has 0 aliphatic heterocycles. The molecule has 0 bridgehead atoms. The van der Waals surface area contributed by atoms with Crippen molar-refractivity contribution >= 4 is 28.4 Å². The number of rotatable bonds is 6. The first kappa shape index (κ1) is 16.5. The van der Waals surface area contributed by atoms with Crippen LogP contribution in [0, 0.1) is 5.82 Å². The summed E-state index contributed by atoms with van der Waals surface area (Å²) in [6.45, 7) is 0.962. The Kier molecular flexibility index (Phi) is 5.11. The van der Waals surface area contributed by atoms with Gasteiger partial charge in [-0.2, -0.15) is 5.10 Å². The van der Waals surface area contributed by atoms with E-state index in [2.05, 4.69) is 10.4 Å². The van der Waals surface area contributed by atoms with Gasteiger partial charge in [0.2, 0.25) is 5.91 Å². The number of hydrogen-bond acceptors (Lipinski definition) is 2. The van der Waals surface area contributed by atoms with Crippen molar-refractivity contribution in [1.82, 2.24) is 15.1 Å². The number of halogens is 2. The van der Waals surface area contributed by atoms with E-state index in [1.807, 2.05) is 24.3 Å². The molecule has 0 spiro atoms. The van der Waals surface area contributed by atoms with Gasteiger partial charge in [0.25, 0.3) is 0 Å². The molecule has 0 saturated carbocycles. The van der Waals surface area contributed by atoms with Crippen LogP contribution in [0.4, 0.5) is 4.39 Å². The molecule has 4 nitrogen and oxygen atoms in total. The van der Waals surface area contributed by atoms with Gasteiger partial charge in [0.1, 0.15) is 5.82 Å². The van der Waals surface area contributed by atoms with E-state index < -0.39 is 0 Å². The minimum Gasteiger partial charge on any atom is -0.356 e. The monoisotopic (exact) mass is 345 g/mol. The minimum absolute atomic E-state index is 0.0583. The second-order valence-electron chi connectivity index (χ2n) is 5.52. The normalized spacial score (nSPS) is 10.9. The summed E-state index contributed by atoms with van der Waals surface area (Å²) in [5.41, 5.74) is 1.78. The van der Waals surface area contributed by atoms with Crippen molar-refractivity contribution in [2.24, 2.45) is 0 Å². The molecule has 0 atom stereocenters. The summed E-state index contributed by atoms with van der Waals surface area (Å²) in [5.74, 6) is -0.319. The van der Waals surface area contributed by atoms with Gasteiger partial charge in [-0.15, -0.1) is 0 Å². The Balaban J connectivity index is 1.49. The van der Waals surface area contributed by atoms with Gasteiger partial charge in [-0.25, -0.2) is 4.39 Å². The highest BCUT2D eigenvalue weighted by Gasteiger charge is 2.07. The Morgan fingerprint density at radius 1 is 1.25 bits per heavy atom. The zero-order valence-corrected chi connectivity index (χ0v) is 13.8. The molecular weight excluding hydrogens is 329 g/mol. The van der Waals surface area contributed by atoms with E-state index in [1.165, 1.54) is 12.1 Å². The van der Waals surface area contributed by atoms with Crippen LogP contribution in [0.5, 0.6) is 0 Å². The highest BCUT2D eigenvalue weighted by Crippen LogP contribution is 2.22. The third kappa shape index (κ3) is 3.92. The molecule has 1 heterocycles. The molecule has 0 aliphatic carbocycles. The fourth-order valence-corrected chi connectivity index (χ4v) is 2.80. The molecule has 1 N–H and O–H groups in total. The maximum absolute atomic E-state index is 13.1. The Bertz CT molecular complexity index is 862. The summed E-state index contributed by atoms with van der Waals surface area (Å²) in [4.78, 5) is 11.9. The Hall–Kier alpha value is -2.40. The van der Waals surface area contributed by atoms with Crippen molar-refractivity contribution in [2.45, 2.75) is 19.4 Å². The van der Waals surface area contributed by atoms with Gasteiger partial charge in [-0.05, 0) is 36.2 Å². The summed E-state index contributed by atoms with van der Waals surface area (Å²) in [6, 6.07) is 12.0. The van der Waals surface area contributed by atoms with Crippen molar-refractivity contribution in [3.8, 4) is 0 Å². The van der Waals surface area contributed by atoms with Crippen LogP contribution in [0.15, 0.2) is 48.7 Å². The smallest absolute Gasteiger partial charge is 0.221 e. The first-order chi connectivity index (χ1) is 11.6. The van der Waals surface area contributed by atoms with Crippen LogP contribution in [-0.4, -0.2) is 22.2 Å². The van der Waals surface area contributed by atoms with Crippen LogP contribution < -0.4 is 5.32 Å². The summed E-state index contributed by atoms with van der Waals surface area (Å²) >= 11 is 6.11. The molecule has 0 unspecified atom stereocenters. The zero-order chi connectivity index (χ0) is 16.9. The van der Waals surface area contributed by atoms with Crippen LogP contribution >= 0.6 is 11.6 Å². The third-order valence-electron chi connectivity index (χ3n) is 3.81. The molecular formula is C18H17ClFN3O. The lowest BCUT2D eigenvalue weighted by Crippen LogP contribution is -2.26. The van der Waals surface area contributed by atoms with Crippen LogP contribution in [-0.2, 0) is 17.8 Å². The number of aryl methyl sites for hydroxylation is 1. The van der Waals surface area contributed by atoms with Crippen molar-refractivity contribution in [3.63, 3.8) is 0 Å². The zero-order valence-electron chi connectivity index (χ0n) is 13.0. The molecule has 1 amide bonds. The average molecular weight is 346 g/mol. The van der Waals surface area contributed by atoms with E-state index in [4.69, 9.17) is 11.6 Å². The molecule has 0 aliphatic rings. The van der Waals surface area contributed by atoms with Gasteiger partial charge in [0.15, 0.2) is 0 Å². The van der Waals surface area contributed by atoms with Gasteiger partial charge < -0.3 is 5.32 Å². The molecule has 124 valence electrons. The van der Waals surface area contributed by atoms with Crippen molar-refractivity contribution < 1.29 is 9.18 Å². The number of fused-ring (bicyclic) bond motifs is 1. The summed E-state index contributed by atoms with van der Waals surface area (Å²) in [5, 5.41) is 8.65. The molecule has 24 heavy (non-hydrogen) atoms. The molecule has 3 aromatic rings. The number of aromatic nitrogens is 2. The number of benzene rings is 2. The summed E-state index contributed by atoms with van der Waals surface area (Å²) in [6.07, 6.45) is 2.63. The van der Waals surface area contributed by atoms with Crippen molar-refractivity contribution in [1.29, 1.82) is 0 Å². The number of carbonyl (C=O) groups excluding carboxylic acids is 1. The van der Waals surface area contributed by atoms with Gasteiger partial charge >= 0.3 is 0 Å². The van der Waals surface area contributed by atoms with Crippen LogP contribution in [0.25, 0.3) is 10.9 Å². The van der Waals surface area contributed by atoms with Gasteiger partial charge in [0.05, 0.1) is 23.3 Å². The molecule has 6 heteroatoms. The van der Waals surface area contributed by atoms with Crippen LogP contribution in [0.3, 0.4) is 0 Å². The Labute approximate surface area is 144 Å². The van der Waals surface area contributed by atoms with E-state index in [0.29, 0.717) is 31.0 Å². The number of nitrogens with zero attached hydrogens (tertiary/aromatic N) is 2. The number of nitrogens with one attached hydrogen (secondary N) is 1. The highest BCUT2D eigenvalue weighted by atomic mass is 35.5. The van der Waals surface area contributed by atoms with E-state index in [-0.39, 0.29) is 11.7 Å². The summed E-state index contributed by atoms with van der Waals surface area (Å²) in [7, 11) is 0. The second-order valence-corrected chi connectivity index (χ2v) is 5.93. The number of amides is 1. The minimum atomic E-state index is -0.261. The lowest BCUT2D eigenvalue weighted by atomic mass is 10.1. The molecule has 0 fully saturated rings. The molecule has 2 aromatic carbocycles. The number of carbonyl (C=O) groups is 1. The third-order valence-corrected chi connectivity index (χ3v) is 4.14. The molecule has 0 radical (unpaired) electrons. The van der Waals surface area contributed by atoms with Crippen molar-refractivity contribution in [2.75, 3.05) is 6.54 Å². The van der Waals surface area contributed by atoms with E-state index in [9.17, 15) is 9.18 Å². The Morgan fingerprint density at radius 3 is 2.92 bits per heavy atom. The van der Waals surface area contributed by atoms with Crippen LogP contribution in [0.1, 0.15) is 12.0 Å². The number of hydrogen-bond donors (Lipinski definition) is 1. The van der Waals surface area contributed by atoms with Gasteiger partial charge in [-0.3, -0.25) is 9.48 Å².